The number of imidazole rings is 1. The summed E-state index contributed by atoms with van der Waals surface area (Å²) in [6, 6.07) is 4.54. The SMILES string of the molecule is CCOc1ncccc1NCc1cncn1C1CC1. The van der Waals surface area contributed by atoms with E-state index in [9.17, 15) is 0 Å². The van der Waals surface area contributed by atoms with E-state index in [0.29, 0.717) is 18.5 Å². The predicted molar refractivity (Wildman–Crippen MR) is 73.2 cm³/mol. The summed E-state index contributed by atoms with van der Waals surface area (Å²) in [5.74, 6) is 0.655. The van der Waals surface area contributed by atoms with E-state index in [1.54, 1.807) is 6.20 Å². The van der Waals surface area contributed by atoms with Crippen LogP contribution in [0, 0.1) is 0 Å². The van der Waals surface area contributed by atoms with E-state index in [1.807, 2.05) is 31.6 Å². The lowest BCUT2D eigenvalue weighted by atomic mass is 10.3. The van der Waals surface area contributed by atoms with E-state index in [2.05, 4.69) is 19.9 Å². The van der Waals surface area contributed by atoms with Crippen LogP contribution in [0.5, 0.6) is 5.88 Å². The van der Waals surface area contributed by atoms with Gasteiger partial charge in [0.1, 0.15) is 0 Å². The third-order valence-electron chi connectivity index (χ3n) is 3.20. The van der Waals surface area contributed by atoms with Crippen LogP contribution in [0.15, 0.2) is 30.9 Å². The zero-order chi connectivity index (χ0) is 13.1. The highest BCUT2D eigenvalue weighted by atomic mass is 16.5. The second-order valence-corrected chi connectivity index (χ2v) is 4.67. The van der Waals surface area contributed by atoms with Crippen molar-refractivity contribution in [3.63, 3.8) is 0 Å². The Morgan fingerprint density at radius 3 is 3.16 bits per heavy atom. The number of anilines is 1. The van der Waals surface area contributed by atoms with Crippen LogP contribution in [0.3, 0.4) is 0 Å². The third-order valence-corrected chi connectivity index (χ3v) is 3.20. The van der Waals surface area contributed by atoms with E-state index < -0.39 is 0 Å². The fourth-order valence-electron chi connectivity index (χ4n) is 2.11. The largest absolute Gasteiger partial charge is 0.476 e. The van der Waals surface area contributed by atoms with Gasteiger partial charge in [-0.15, -0.1) is 0 Å². The van der Waals surface area contributed by atoms with Gasteiger partial charge in [0.15, 0.2) is 0 Å². The van der Waals surface area contributed by atoms with E-state index in [-0.39, 0.29) is 0 Å². The molecule has 0 spiro atoms. The normalized spacial score (nSPS) is 14.4. The standard InChI is InChI=1S/C14H18N4O/c1-2-19-14-13(4-3-7-16-14)17-9-12-8-15-10-18(12)11-5-6-11/h3-4,7-8,10-11,17H,2,5-6,9H2,1H3. The van der Waals surface area contributed by atoms with Gasteiger partial charge in [-0.25, -0.2) is 9.97 Å². The fraction of sp³-hybridized carbons (Fsp3) is 0.429. The van der Waals surface area contributed by atoms with Gasteiger partial charge in [0.25, 0.3) is 0 Å². The number of aromatic nitrogens is 3. The first-order chi connectivity index (χ1) is 9.38. The summed E-state index contributed by atoms with van der Waals surface area (Å²) in [5, 5.41) is 3.38. The lowest BCUT2D eigenvalue weighted by Gasteiger charge is -2.12. The first kappa shape index (κ1) is 12.0. The number of ether oxygens (including phenoxy) is 1. The van der Waals surface area contributed by atoms with Crippen molar-refractivity contribution in [3.8, 4) is 5.88 Å². The highest BCUT2D eigenvalue weighted by molar-refractivity contribution is 5.52. The fourth-order valence-corrected chi connectivity index (χ4v) is 2.11. The summed E-state index contributed by atoms with van der Waals surface area (Å²) in [6.45, 7) is 3.31. The Kier molecular flexibility index (Phi) is 3.35. The Hall–Kier alpha value is -2.04. The van der Waals surface area contributed by atoms with Crippen molar-refractivity contribution >= 4 is 5.69 Å². The van der Waals surface area contributed by atoms with Crippen molar-refractivity contribution in [1.29, 1.82) is 0 Å². The number of nitrogens with one attached hydrogen (secondary N) is 1. The zero-order valence-electron chi connectivity index (χ0n) is 11.0. The minimum absolute atomic E-state index is 0.617. The first-order valence-electron chi connectivity index (χ1n) is 6.71. The van der Waals surface area contributed by atoms with Crippen LogP contribution in [-0.2, 0) is 6.54 Å². The maximum absolute atomic E-state index is 5.50. The van der Waals surface area contributed by atoms with Crippen LogP contribution in [0.4, 0.5) is 5.69 Å². The molecule has 0 saturated heterocycles. The van der Waals surface area contributed by atoms with Crippen molar-refractivity contribution in [1.82, 2.24) is 14.5 Å². The molecule has 5 heteroatoms. The van der Waals surface area contributed by atoms with Gasteiger partial charge in [0.2, 0.25) is 5.88 Å². The number of nitrogens with zero attached hydrogens (tertiary/aromatic N) is 3. The zero-order valence-corrected chi connectivity index (χ0v) is 11.0. The molecule has 0 aromatic carbocycles. The summed E-state index contributed by atoms with van der Waals surface area (Å²) in [4.78, 5) is 8.46. The molecule has 1 fully saturated rings. The Labute approximate surface area is 112 Å². The molecular formula is C14H18N4O. The van der Waals surface area contributed by atoms with Gasteiger partial charge in [-0.2, -0.15) is 0 Å². The minimum atomic E-state index is 0.617. The van der Waals surface area contributed by atoms with Gasteiger partial charge in [-0.1, -0.05) is 0 Å². The Morgan fingerprint density at radius 2 is 2.37 bits per heavy atom. The average molecular weight is 258 g/mol. The molecule has 19 heavy (non-hydrogen) atoms. The molecule has 3 rings (SSSR count). The number of pyridine rings is 1. The quantitative estimate of drug-likeness (QED) is 0.865. The van der Waals surface area contributed by atoms with Crippen LogP contribution in [0.1, 0.15) is 31.5 Å². The Balaban J connectivity index is 1.70. The van der Waals surface area contributed by atoms with Crippen molar-refractivity contribution in [2.75, 3.05) is 11.9 Å². The van der Waals surface area contributed by atoms with Crippen LogP contribution >= 0.6 is 0 Å². The van der Waals surface area contributed by atoms with E-state index in [1.165, 1.54) is 18.5 Å². The molecule has 1 saturated carbocycles. The summed E-state index contributed by atoms with van der Waals surface area (Å²) in [5.41, 5.74) is 2.13. The summed E-state index contributed by atoms with van der Waals surface area (Å²) in [6.07, 6.45) is 8.11. The molecule has 1 aliphatic carbocycles. The number of hydrogen-bond donors (Lipinski definition) is 1. The van der Waals surface area contributed by atoms with Crippen molar-refractivity contribution in [3.05, 3.63) is 36.5 Å². The number of rotatable bonds is 6. The molecule has 1 N–H and O–H groups in total. The van der Waals surface area contributed by atoms with Crippen LogP contribution < -0.4 is 10.1 Å². The van der Waals surface area contributed by atoms with Gasteiger partial charge in [0, 0.05) is 18.4 Å². The highest BCUT2D eigenvalue weighted by Crippen LogP contribution is 2.35. The molecule has 1 aliphatic rings. The van der Waals surface area contributed by atoms with E-state index in [4.69, 9.17) is 4.74 Å². The lowest BCUT2D eigenvalue weighted by Crippen LogP contribution is -2.07. The molecule has 0 amide bonds. The lowest BCUT2D eigenvalue weighted by molar-refractivity contribution is 0.328. The molecule has 2 aromatic heterocycles. The van der Waals surface area contributed by atoms with Crippen molar-refractivity contribution in [2.45, 2.75) is 32.4 Å². The monoisotopic (exact) mass is 258 g/mol. The molecule has 0 aliphatic heterocycles. The maximum atomic E-state index is 5.50. The van der Waals surface area contributed by atoms with Gasteiger partial charge < -0.3 is 14.6 Å². The molecule has 0 radical (unpaired) electrons. The molecule has 5 nitrogen and oxygen atoms in total. The first-order valence-corrected chi connectivity index (χ1v) is 6.71. The van der Waals surface area contributed by atoms with Crippen molar-refractivity contribution in [2.24, 2.45) is 0 Å². The number of hydrogen-bond acceptors (Lipinski definition) is 4. The summed E-state index contributed by atoms with van der Waals surface area (Å²) >= 11 is 0. The van der Waals surface area contributed by atoms with Crippen LogP contribution in [0.2, 0.25) is 0 Å². The summed E-state index contributed by atoms with van der Waals surface area (Å²) in [7, 11) is 0. The third kappa shape index (κ3) is 2.70. The average Bonchev–Trinajstić information content (AvgIpc) is 3.17. The smallest absolute Gasteiger partial charge is 0.237 e. The van der Waals surface area contributed by atoms with Gasteiger partial charge in [0.05, 0.1) is 30.9 Å². The molecule has 0 atom stereocenters. The molecule has 2 heterocycles. The van der Waals surface area contributed by atoms with Crippen LogP contribution in [-0.4, -0.2) is 21.1 Å². The predicted octanol–water partition coefficient (Wildman–Crippen LogP) is 2.62. The Bertz CT molecular complexity index is 548. The van der Waals surface area contributed by atoms with Gasteiger partial charge >= 0.3 is 0 Å². The topological polar surface area (TPSA) is 52.0 Å². The van der Waals surface area contributed by atoms with Gasteiger partial charge in [-0.3, -0.25) is 0 Å². The van der Waals surface area contributed by atoms with Crippen molar-refractivity contribution < 1.29 is 4.74 Å². The highest BCUT2D eigenvalue weighted by Gasteiger charge is 2.25. The molecular weight excluding hydrogens is 240 g/mol. The van der Waals surface area contributed by atoms with E-state index in [0.717, 1.165) is 12.2 Å². The Morgan fingerprint density at radius 1 is 1.47 bits per heavy atom. The van der Waals surface area contributed by atoms with E-state index >= 15 is 0 Å². The van der Waals surface area contributed by atoms with Crippen LogP contribution in [0.25, 0.3) is 0 Å². The van der Waals surface area contributed by atoms with Gasteiger partial charge in [-0.05, 0) is 31.9 Å². The molecule has 2 aromatic rings. The molecule has 0 unspecified atom stereocenters. The molecule has 100 valence electrons. The molecule has 0 bridgehead atoms. The second kappa shape index (κ2) is 5.30. The maximum Gasteiger partial charge on any atom is 0.237 e. The second-order valence-electron chi connectivity index (χ2n) is 4.67. The minimum Gasteiger partial charge on any atom is -0.476 e. The summed E-state index contributed by atoms with van der Waals surface area (Å²) < 4.78 is 7.75.